The lowest BCUT2D eigenvalue weighted by Crippen LogP contribution is -2.38. The van der Waals surface area contributed by atoms with Crippen LogP contribution in [0.2, 0.25) is 0 Å². The van der Waals surface area contributed by atoms with Gasteiger partial charge in [-0.1, -0.05) is 18.2 Å². The summed E-state index contributed by atoms with van der Waals surface area (Å²) in [6, 6.07) is 7.88. The van der Waals surface area contributed by atoms with E-state index in [4.69, 9.17) is 4.74 Å². The fraction of sp³-hybridized carbons (Fsp3) is 0.562. The largest absolute Gasteiger partial charge is 0.496 e. The molecule has 0 aromatic heterocycles. The number of rotatable bonds is 7. The molecule has 0 radical (unpaired) electrons. The summed E-state index contributed by atoms with van der Waals surface area (Å²) in [5.41, 5.74) is 1.17. The van der Waals surface area contributed by atoms with Crippen molar-refractivity contribution in [1.29, 1.82) is 0 Å². The van der Waals surface area contributed by atoms with E-state index in [2.05, 4.69) is 31.4 Å². The summed E-state index contributed by atoms with van der Waals surface area (Å²) in [7, 11) is 1.66. The second-order valence-corrected chi connectivity index (χ2v) is 5.84. The Morgan fingerprint density at radius 3 is 2.55 bits per heavy atom. The first-order chi connectivity index (χ1) is 9.42. The number of hydrogen-bond donors (Lipinski definition) is 2. The quantitative estimate of drug-likeness (QED) is 0.803. The molecule has 1 aromatic carbocycles. The zero-order chi connectivity index (χ0) is 15.0. The number of benzene rings is 1. The monoisotopic (exact) mass is 278 g/mol. The molecule has 1 amide bonds. The van der Waals surface area contributed by atoms with Crippen molar-refractivity contribution in [2.45, 2.75) is 39.2 Å². The van der Waals surface area contributed by atoms with Gasteiger partial charge in [0.1, 0.15) is 5.75 Å². The van der Waals surface area contributed by atoms with Gasteiger partial charge < -0.3 is 15.4 Å². The van der Waals surface area contributed by atoms with Crippen molar-refractivity contribution in [3.05, 3.63) is 29.8 Å². The Bertz CT molecular complexity index is 425. The molecule has 2 N–H and O–H groups in total. The Morgan fingerprint density at radius 1 is 1.20 bits per heavy atom. The van der Waals surface area contributed by atoms with Crippen LogP contribution in [0.3, 0.4) is 0 Å². The number of hydrogen-bond acceptors (Lipinski definition) is 3. The minimum Gasteiger partial charge on any atom is -0.496 e. The number of para-hydroxylation sites is 1. The molecule has 0 unspecified atom stereocenters. The number of carbonyl (C=O) groups excluding carboxylic acids is 1. The third-order valence-corrected chi connectivity index (χ3v) is 2.92. The zero-order valence-corrected chi connectivity index (χ0v) is 13.0. The Hall–Kier alpha value is -1.55. The Kier molecular flexibility index (Phi) is 6.52. The van der Waals surface area contributed by atoms with E-state index in [1.807, 2.05) is 24.3 Å². The number of carbonyl (C=O) groups is 1. The second-order valence-electron chi connectivity index (χ2n) is 5.84. The van der Waals surface area contributed by atoms with Gasteiger partial charge in [-0.05, 0) is 38.8 Å². The van der Waals surface area contributed by atoms with Crippen LogP contribution >= 0.6 is 0 Å². The first-order valence-corrected chi connectivity index (χ1v) is 7.06. The highest BCUT2D eigenvalue weighted by Gasteiger charge is 2.09. The van der Waals surface area contributed by atoms with Gasteiger partial charge in [0, 0.05) is 25.0 Å². The molecule has 0 fully saturated rings. The predicted octanol–water partition coefficient (Wildman–Crippen LogP) is 2.13. The molecule has 112 valence electrons. The van der Waals surface area contributed by atoms with Crippen molar-refractivity contribution in [2.75, 3.05) is 20.2 Å². The molecular formula is C16H26N2O2. The molecule has 0 spiro atoms. The van der Waals surface area contributed by atoms with Gasteiger partial charge in [0.25, 0.3) is 0 Å². The van der Waals surface area contributed by atoms with Gasteiger partial charge in [0.2, 0.25) is 5.91 Å². The maximum absolute atomic E-state index is 11.7. The molecule has 0 heterocycles. The third kappa shape index (κ3) is 6.57. The highest BCUT2D eigenvalue weighted by molar-refractivity contribution is 5.76. The summed E-state index contributed by atoms with van der Waals surface area (Å²) < 4.78 is 5.28. The van der Waals surface area contributed by atoms with Crippen LogP contribution in [0.5, 0.6) is 5.75 Å². The highest BCUT2D eigenvalue weighted by Crippen LogP contribution is 2.17. The fourth-order valence-electron chi connectivity index (χ4n) is 1.89. The van der Waals surface area contributed by atoms with Crippen molar-refractivity contribution >= 4 is 5.91 Å². The Morgan fingerprint density at radius 2 is 1.90 bits per heavy atom. The van der Waals surface area contributed by atoms with E-state index < -0.39 is 0 Å². The first-order valence-electron chi connectivity index (χ1n) is 7.06. The summed E-state index contributed by atoms with van der Waals surface area (Å²) in [4.78, 5) is 11.7. The number of ether oxygens (including phenoxy) is 1. The van der Waals surface area contributed by atoms with E-state index in [-0.39, 0.29) is 11.4 Å². The predicted molar refractivity (Wildman–Crippen MR) is 82.1 cm³/mol. The van der Waals surface area contributed by atoms with Crippen molar-refractivity contribution in [1.82, 2.24) is 10.6 Å². The van der Waals surface area contributed by atoms with Gasteiger partial charge in [-0.2, -0.15) is 0 Å². The molecule has 0 aliphatic rings. The Labute approximate surface area is 121 Å². The molecule has 1 aromatic rings. The van der Waals surface area contributed by atoms with Crippen molar-refractivity contribution in [2.24, 2.45) is 0 Å². The molecule has 0 aliphatic heterocycles. The number of nitrogens with one attached hydrogen (secondary N) is 2. The lowest BCUT2D eigenvalue weighted by Gasteiger charge is -2.20. The van der Waals surface area contributed by atoms with Crippen LogP contribution in [0.1, 0.15) is 32.8 Å². The van der Waals surface area contributed by atoms with Crippen molar-refractivity contribution < 1.29 is 9.53 Å². The summed E-state index contributed by atoms with van der Waals surface area (Å²) in [5, 5.41) is 6.23. The van der Waals surface area contributed by atoms with Gasteiger partial charge in [-0.15, -0.1) is 0 Å². The van der Waals surface area contributed by atoms with Crippen LogP contribution in [0.4, 0.5) is 0 Å². The average Bonchev–Trinajstić information content (AvgIpc) is 2.38. The SMILES string of the molecule is COc1ccccc1CCNC(=O)CCNC(C)(C)C. The molecular weight excluding hydrogens is 252 g/mol. The lowest BCUT2D eigenvalue weighted by molar-refractivity contribution is -0.121. The van der Waals surface area contributed by atoms with Crippen molar-refractivity contribution in [3.63, 3.8) is 0 Å². The van der Waals surface area contributed by atoms with Crippen LogP contribution in [0.25, 0.3) is 0 Å². The molecule has 0 bridgehead atoms. The van der Waals surface area contributed by atoms with E-state index in [1.54, 1.807) is 7.11 Å². The lowest BCUT2D eigenvalue weighted by atomic mass is 10.1. The van der Waals surface area contributed by atoms with E-state index in [0.717, 1.165) is 17.7 Å². The average molecular weight is 278 g/mol. The van der Waals surface area contributed by atoms with Gasteiger partial charge in [-0.3, -0.25) is 4.79 Å². The molecule has 0 aliphatic carbocycles. The molecule has 0 atom stereocenters. The number of methoxy groups -OCH3 is 1. The van der Waals surface area contributed by atoms with Crippen LogP contribution in [0, 0.1) is 0 Å². The smallest absolute Gasteiger partial charge is 0.221 e. The summed E-state index contributed by atoms with van der Waals surface area (Å²) in [6.07, 6.45) is 1.28. The van der Waals surface area contributed by atoms with Gasteiger partial charge in [0.15, 0.2) is 0 Å². The maximum Gasteiger partial charge on any atom is 0.221 e. The molecule has 4 nitrogen and oxygen atoms in total. The molecule has 0 saturated carbocycles. The standard InChI is InChI=1S/C16H26N2O2/c1-16(2,3)18-12-10-15(19)17-11-9-13-7-5-6-8-14(13)20-4/h5-8,18H,9-12H2,1-4H3,(H,17,19). The van der Waals surface area contributed by atoms with E-state index in [9.17, 15) is 4.79 Å². The third-order valence-electron chi connectivity index (χ3n) is 2.92. The molecule has 20 heavy (non-hydrogen) atoms. The summed E-state index contributed by atoms with van der Waals surface area (Å²) in [6.45, 7) is 7.60. The normalized spacial score (nSPS) is 11.2. The van der Waals surface area contributed by atoms with Crippen LogP contribution in [-0.2, 0) is 11.2 Å². The molecule has 4 heteroatoms. The summed E-state index contributed by atoms with van der Waals surface area (Å²) >= 11 is 0. The van der Waals surface area contributed by atoms with Gasteiger partial charge in [-0.25, -0.2) is 0 Å². The van der Waals surface area contributed by atoms with Crippen LogP contribution in [-0.4, -0.2) is 31.6 Å². The van der Waals surface area contributed by atoms with E-state index >= 15 is 0 Å². The van der Waals surface area contributed by atoms with E-state index in [1.165, 1.54) is 0 Å². The van der Waals surface area contributed by atoms with E-state index in [0.29, 0.717) is 19.5 Å². The second kappa shape index (κ2) is 7.90. The van der Waals surface area contributed by atoms with Gasteiger partial charge in [0.05, 0.1) is 7.11 Å². The topological polar surface area (TPSA) is 50.4 Å². The highest BCUT2D eigenvalue weighted by atomic mass is 16.5. The Balaban J connectivity index is 2.25. The minimum absolute atomic E-state index is 0.0533. The fourth-order valence-corrected chi connectivity index (χ4v) is 1.89. The molecule has 0 saturated heterocycles. The first kappa shape index (κ1) is 16.5. The number of amides is 1. The maximum atomic E-state index is 11.7. The zero-order valence-electron chi connectivity index (χ0n) is 13.0. The summed E-state index contributed by atoms with van der Waals surface area (Å²) in [5.74, 6) is 0.952. The van der Waals surface area contributed by atoms with Gasteiger partial charge >= 0.3 is 0 Å². The van der Waals surface area contributed by atoms with Crippen LogP contribution in [0.15, 0.2) is 24.3 Å². The van der Waals surface area contributed by atoms with Crippen LogP contribution < -0.4 is 15.4 Å². The minimum atomic E-state index is 0.0533. The van der Waals surface area contributed by atoms with Crippen molar-refractivity contribution in [3.8, 4) is 5.75 Å². The molecule has 1 rings (SSSR count).